The van der Waals surface area contributed by atoms with Gasteiger partial charge in [-0.05, 0) is 63.2 Å². The summed E-state index contributed by atoms with van der Waals surface area (Å²) in [5, 5.41) is 0. The van der Waals surface area contributed by atoms with Gasteiger partial charge in [0, 0.05) is 0 Å². The summed E-state index contributed by atoms with van der Waals surface area (Å²) in [6.45, 7) is 8.86. The molecule has 1 aromatic rings. The average molecular weight is 266 g/mol. The van der Waals surface area contributed by atoms with Crippen molar-refractivity contribution < 1.29 is 0 Å². The van der Waals surface area contributed by atoms with Gasteiger partial charge in [-0.2, -0.15) is 0 Å². The van der Waals surface area contributed by atoms with E-state index in [9.17, 15) is 0 Å². The molecule has 2 rings (SSSR count). The van der Waals surface area contributed by atoms with E-state index >= 15 is 0 Å². The predicted octanol–water partition coefficient (Wildman–Crippen LogP) is 5.71. The van der Waals surface area contributed by atoms with Crippen molar-refractivity contribution in [3.8, 4) is 0 Å². The zero-order valence-corrected chi connectivity index (χ0v) is 13.3. The predicted molar refractivity (Wildman–Crippen MR) is 89.1 cm³/mol. The van der Waals surface area contributed by atoms with Crippen molar-refractivity contribution in [3.63, 3.8) is 0 Å². The van der Waals surface area contributed by atoms with Gasteiger partial charge < -0.3 is 0 Å². The quantitative estimate of drug-likeness (QED) is 0.614. The highest BCUT2D eigenvalue weighted by Gasteiger charge is 2.11. The van der Waals surface area contributed by atoms with Crippen LogP contribution in [0.3, 0.4) is 0 Å². The first-order valence-corrected chi connectivity index (χ1v) is 7.71. The second kappa shape index (κ2) is 6.74. The third-order valence-corrected chi connectivity index (χ3v) is 4.27. The Kier molecular flexibility index (Phi) is 5.00. The summed E-state index contributed by atoms with van der Waals surface area (Å²) >= 11 is 0. The Labute approximate surface area is 123 Å². The van der Waals surface area contributed by atoms with Crippen LogP contribution in [0.25, 0.3) is 0 Å². The Bertz CT molecular complexity index is 568. The first kappa shape index (κ1) is 14.8. The SMILES string of the molecule is CC/C(C)=C/C=C\C1=C(C)Cc2ccc(C)cc2CC1. The third-order valence-electron chi connectivity index (χ3n) is 4.27. The van der Waals surface area contributed by atoms with Gasteiger partial charge in [0.25, 0.3) is 0 Å². The maximum absolute atomic E-state index is 2.36. The van der Waals surface area contributed by atoms with Gasteiger partial charge in [-0.25, -0.2) is 0 Å². The highest BCUT2D eigenvalue weighted by molar-refractivity contribution is 5.40. The van der Waals surface area contributed by atoms with Crippen LogP contribution in [0, 0.1) is 6.92 Å². The van der Waals surface area contributed by atoms with Gasteiger partial charge in [-0.3, -0.25) is 0 Å². The van der Waals surface area contributed by atoms with Crippen molar-refractivity contribution >= 4 is 0 Å². The molecule has 20 heavy (non-hydrogen) atoms. The Morgan fingerprint density at radius 3 is 2.70 bits per heavy atom. The van der Waals surface area contributed by atoms with Crippen LogP contribution in [0.2, 0.25) is 0 Å². The standard InChI is InChI=1S/C20H26/c1-5-15(2)7-6-8-18-11-12-19-13-16(3)9-10-20(19)14-17(18)4/h6-10,13H,5,11-12,14H2,1-4H3/b8-6-,15-7+. The second-order valence-corrected chi connectivity index (χ2v) is 5.98. The van der Waals surface area contributed by atoms with Crippen LogP contribution in [-0.2, 0) is 12.8 Å². The molecule has 0 unspecified atom stereocenters. The van der Waals surface area contributed by atoms with E-state index in [0.717, 1.165) is 19.3 Å². The van der Waals surface area contributed by atoms with Crippen LogP contribution in [-0.4, -0.2) is 0 Å². The first-order chi connectivity index (χ1) is 9.60. The second-order valence-electron chi connectivity index (χ2n) is 5.98. The lowest BCUT2D eigenvalue weighted by Gasteiger charge is -2.06. The fraction of sp³-hybridized carbons (Fsp3) is 0.400. The van der Waals surface area contributed by atoms with Crippen LogP contribution >= 0.6 is 0 Å². The number of rotatable bonds is 3. The van der Waals surface area contributed by atoms with Crippen LogP contribution in [0.5, 0.6) is 0 Å². The van der Waals surface area contributed by atoms with Crippen LogP contribution < -0.4 is 0 Å². The van der Waals surface area contributed by atoms with E-state index in [-0.39, 0.29) is 0 Å². The highest BCUT2D eigenvalue weighted by Crippen LogP contribution is 2.26. The third kappa shape index (κ3) is 3.72. The van der Waals surface area contributed by atoms with Gasteiger partial charge >= 0.3 is 0 Å². The van der Waals surface area contributed by atoms with E-state index in [1.54, 1.807) is 0 Å². The van der Waals surface area contributed by atoms with Gasteiger partial charge in [0.05, 0.1) is 0 Å². The van der Waals surface area contributed by atoms with E-state index in [1.807, 2.05) is 0 Å². The molecule has 1 aliphatic rings. The Hall–Kier alpha value is -1.56. The summed E-state index contributed by atoms with van der Waals surface area (Å²) in [4.78, 5) is 0. The zero-order chi connectivity index (χ0) is 14.5. The Morgan fingerprint density at radius 1 is 1.15 bits per heavy atom. The van der Waals surface area contributed by atoms with Crippen LogP contribution in [0.1, 0.15) is 50.3 Å². The average Bonchev–Trinajstić information content (AvgIpc) is 2.58. The minimum Gasteiger partial charge on any atom is -0.0736 e. The number of hydrogen-bond acceptors (Lipinski definition) is 0. The molecule has 0 aromatic heterocycles. The fourth-order valence-electron chi connectivity index (χ4n) is 2.71. The molecule has 0 bridgehead atoms. The summed E-state index contributed by atoms with van der Waals surface area (Å²) in [6, 6.07) is 6.90. The lowest BCUT2D eigenvalue weighted by atomic mass is 9.99. The summed E-state index contributed by atoms with van der Waals surface area (Å²) in [5.41, 5.74) is 8.89. The van der Waals surface area contributed by atoms with Crippen molar-refractivity contribution in [1.82, 2.24) is 0 Å². The van der Waals surface area contributed by atoms with Gasteiger partial charge in [-0.1, -0.05) is 60.1 Å². The number of aryl methyl sites for hydroxylation is 2. The van der Waals surface area contributed by atoms with E-state index in [0.29, 0.717) is 0 Å². The fourth-order valence-corrected chi connectivity index (χ4v) is 2.71. The molecule has 0 nitrogen and oxygen atoms in total. The molecule has 1 aliphatic carbocycles. The largest absolute Gasteiger partial charge is 0.0736 e. The summed E-state index contributed by atoms with van der Waals surface area (Å²) in [6.07, 6.45) is 11.3. The minimum absolute atomic E-state index is 1.10. The molecule has 0 spiro atoms. The number of allylic oxidation sites excluding steroid dienone is 6. The molecule has 0 radical (unpaired) electrons. The van der Waals surface area contributed by atoms with E-state index in [2.05, 4.69) is 64.1 Å². The molecule has 0 heteroatoms. The smallest absolute Gasteiger partial charge is 0.00613 e. The molecule has 0 saturated carbocycles. The van der Waals surface area contributed by atoms with E-state index in [1.165, 1.54) is 39.8 Å². The number of hydrogen-bond donors (Lipinski definition) is 0. The summed E-state index contributed by atoms with van der Waals surface area (Å²) in [5.74, 6) is 0. The minimum atomic E-state index is 1.10. The van der Waals surface area contributed by atoms with Gasteiger partial charge in [-0.15, -0.1) is 0 Å². The van der Waals surface area contributed by atoms with Crippen LogP contribution in [0.4, 0.5) is 0 Å². The monoisotopic (exact) mass is 266 g/mol. The van der Waals surface area contributed by atoms with E-state index < -0.39 is 0 Å². The van der Waals surface area contributed by atoms with Gasteiger partial charge in [0.1, 0.15) is 0 Å². The maximum Gasteiger partial charge on any atom is -0.00613 e. The lowest BCUT2D eigenvalue weighted by molar-refractivity contribution is 0.962. The Morgan fingerprint density at radius 2 is 1.95 bits per heavy atom. The Balaban J connectivity index is 2.18. The summed E-state index contributed by atoms with van der Waals surface area (Å²) in [7, 11) is 0. The van der Waals surface area contributed by atoms with Crippen molar-refractivity contribution in [1.29, 1.82) is 0 Å². The van der Waals surface area contributed by atoms with Crippen molar-refractivity contribution in [2.24, 2.45) is 0 Å². The molecule has 0 saturated heterocycles. The van der Waals surface area contributed by atoms with Gasteiger partial charge in [0.15, 0.2) is 0 Å². The lowest BCUT2D eigenvalue weighted by Crippen LogP contribution is -1.92. The van der Waals surface area contributed by atoms with Gasteiger partial charge in [0.2, 0.25) is 0 Å². The molecular weight excluding hydrogens is 240 g/mol. The molecule has 0 atom stereocenters. The topological polar surface area (TPSA) is 0 Å². The number of benzene rings is 1. The molecule has 0 N–H and O–H groups in total. The zero-order valence-electron chi connectivity index (χ0n) is 13.3. The van der Waals surface area contributed by atoms with Crippen LogP contribution in [0.15, 0.2) is 53.1 Å². The molecule has 106 valence electrons. The normalized spacial score (nSPS) is 16.5. The number of fused-ring (bicyclic) bond motifs is 1. The van der Waals surface area contributed by atoms with Crippen molar-refractivity contribution in [2.75, 3.05) is 0 Å². The van der Waals surface area contributed by atoms with Crippen molar-refractivity contribution in [2.45, 2.75) is 53.4 Å². The molecule has 0 aliphatic heterocycles. The molecule has 1 aromatic carbocycles. The first-order valence-electron chi connectivity index (χ1n) is 7.71. The molecule has 0 heterocycles. The summed E-state index contributed by atoms with van der Waals surface area (Å²) < 4.78 is 0. The maximum atomic E-state index is 2.36. The molecular formula is C20H26. The van der Waals surface area contributed by atoms with Crippen molar-refractivity contribution in [3.05, 3.63) is 69.8 Å². The highest BCUT2D eigenvalue weighted by atomic mass is 14.2. The molecule has 0 fully saturated rings. The molecule has 0 amide bonds. The van der Waals surface area contributed by atoms with E-state index in [4.69, 9.17) is 0 Å².